The molecule has 1 aromatic heterocycles. The first kappa shape index (κ1) is 24.7. The van der Waals surface area contributed by atoms with E-state index in [1.54, 1.807) is 24.3 Å². The summed E-state index contributed by atoms with van der Waals surface area (Å²) >= 11 is 5.88. The molecule has 0 saturated carbocycles. The lowest BCUT2D eigenvalue weighted by molar-refractivity contribution is -0.133. The van der Waals surface area contributed by atoms with Crippen LogP contribution in [0.5, 0.6) is 5.75 Å². The number of ether oxygens (including phenoxy) is 1. The van der Waals surface area contributed by atoms with Crippen LogP contribution in [0, 0.1) is 11.6 Å². The topological polar surface area (TPSA) is 125 Å². The minimum absolute atomic E-state index is 0.0296. The number of piperazine rings is 1. The van der Waals surface area contributed by atoms with Crippen molar-refractivity contribution < 1.29 is 37.8 Å². The van der Waals surface area contributed by atoms with E-state index in [1.165, 1.54) is 11.0 Å². The number of nitrogens with one attached hydrogen (secondary N) is 1. The van der Waals surface area contributed by atoms with Gasteiger partial charge < -0.3 is 29.7 Å². The van der Waals surface area contributed by atoms with E-state index in [4.69, 9.17) is 20.9 Å². The monoisotopic (exact) mass is 531 g/mol. The van der Waals surface area contributed by atoms with Gasteiger partial charge in [-0.3, -0.25) is 0 Å². The fourth-order valence-corrected chi connectivity index (χ4v) is 4.94. The summed E-state index contributed by atoms with van der Waals surface area (Å²) in [7, 11) is 0. The molecule has 3 N–H and O–H groups in total. The standard InChI is InChI=1S/C25H20ClF2N3O6/c26-23-18(28)6-5-17(27)22(23)19-8-15(37-30-19)11-36-14-3-1-12(2-4-14)16-7-13-9-31(25(34)35)10-20(29-13)21(16)24(32)33/h1-6,8,13,20,29H,7,9-11H2,(H,32,33)(H,34,35)/t13-,20-/m1/s1. The van der Waals surface area contributed by atoms with Crippen LogP contribution in [-0.4, -0.2) is 57.5 Å². The number of amides is 1. The third-order valence-corrected chi connectivity index (χ3v) is 6.72. The highest BCUT2D eigenvalue weighted by atomic mass is 35.5. The van der Waals surface area contributed by atoms with Crippen LogP contribution in [0.2, 0.25) is 5.02 Å². The van der Waals surface area contributed by atoms with Gasteiger partial charge in [0.2, 0.25) is 0 Å². The van der Waals surface area contributed by atoms with E-state index in [2.05, 4.69) is 10.5 Å². The summed E-state index contributed by atoms with van der Waals surface area (Å²) in [6, 6.07) is 9.28. The molecule has 2 aliphatic rings. The normalized spacial score (nSPS) is 19.2. The second-order valence-corrected chi connectivity index (χ2v) is 9.09. The molecule has 0 spiro atoms. The van der Waals surface area contributed by atoms with Gasteiger partial charge >= 0.3 is 12.1 Å². The lowest BCUT2D eigenvalue weighted by Gasteiger charge is -2.42. The van der Waals surface area contributed by atoms with Gasteiger partial charge in [-0.15, -0.1) is 0 Å². The average Bonchev–Trinajstić information content (AvgIpc) is 3.33. The third-order valence-electron chi connectivity index (χ3n) is 6.35. The minimum atomic E-state index is -1.10. The van der Waals surface area contributed by atoms with Gasteiger partial charge in [0, 0.05) is 25.2 Å². The largest absolute Gasteiger partial charge is 0.486 e. The Balaban J connectivity index is 1.31. The maximum absolute atomic E-state index is 14.1. The summed E-state index contributed by atoms with van der Waals surface area (Å²) in [6.45, 7) is 0.276. The van der Waals surface area contributed by atoms with Crippen molar-refractivity contribution in [2.45, 2.75) is 25.1 Å². The summed E-state index contributed by atoms with van der Waals surface area (Å²) in [5.74, 6) is -1.91. The Labute approximate surface area is 213 Å². The molecule has 2 aromatic carbocycles. The molecule has 2 aliphatic heterocycles. The predicted octanol–water partition coefficient (Wildman–Crippen LogP) is 4.41. The van der Waals surface area contributed by atoms with Crippen LogP contribution in [0.4, 0.5) is 13.6 Å². The van der Waals surface area contributed by atoms with Crippen molar-refractivity contribution in [3.05, 3.63) is 76.0 Å². The van der Waals surface area contributed by atoms with Gasteiger partial charge in [0.05, 0.1) is 22.2 Å². The Morgan fingerprint density at radius 1 is 1.14 bits per heavy atom. The SMILES string of the molecule is O=C(O)C1=C(c2ccc(OCc3cc(-c4c(F)ccc(F)c4Cl)no3)cc2)C[C@@H]2CN(C(=O)O)C[C@H]1N2. The molecule has 1 amide bonds. The van der Waals surface area contributed by atoms with Crippen LogP contribution in [0.25, 0.3) is 16.8 Å². The minimum Gasteiger partial charge on any atom is -0.486 e. The lowest BCUT2D eigenvalue weighted by atomic mass is 9.83. The van der Waals surface area contributed by atoms with E-state index in [0.717, 1.165) is 12.1 Å². The van der Waals surface area contributed by atoms with E-state index in [-0.39, 0.29) is 48.3 Å². The van der Waals surface area contributed by atoms with Gasteiger partial charge in [0.1, 0.15) is 29.7 Å². The zero-order chi connectivity index (χ0) is 26.3. The highest BCUT2D eigenvalue weighted by molar-refractivity contribution is 6.33. The molecule has 3 aromatic rings. The molecular formula is C25H20ClF2N3O6. The molecule has 0 unspecified atom stereocenters. The number of fused-ring (bicyclic) bond motifs is 2. The summed E-state index contributed by atoms with van der Waals surface area (Å²) in [5.41, 5.74) is 1.31. The number of hydrogen-bond acceptors (Lipinski definition) is 6. The van der Waals surface area contributed by atoms with E-state index in [9.17, 15) is 28.6 Å². The van der Waals surface area contributed by atoms with Crippen molar-refractivity contribution in [2.24, 2.45) is 0 Å². The fourth-order valence-electron chi connectivity index (χ4n) is 4.69. The van der Waals surface area contributed by atoms with Crippen LogP contribution < -0.4 is 10.1 Å². The number of benzene rings is 2. The van der Waals surface area contributed by atoms with Gasteiger partial charge in [-0.2, -0.15) is 0 Å². The van der Waals surface area contributed by atoms with Gasteiger partial charge in [0.15, 0.2) is 5.76 Å². The Bertz CT molecular complexity index is 1410. The summed E-state index contributed by atoms with van der Waals surface area (Å²) < 4.78 is 38.7. The van der Waals surface area contributed by atoms with Gasteiger partial charge in [-0.1, -0.05) is 28.9 Å². The number of nitrogens with zero attached hydrogens (tertiary/aromatic N) is 2. The van der Waals surface area contributed by atoms with Crippen molar-refractivity contribution >= 4 is 29.2 Å². The highest BCUT2D eigenvalue weighted by Crippen LogP contribution is 2.35. The first-order chi connectivity index (χ1) is 17.7. The Kier molecular flexibility index (Phi) is 6.57. The average molecular weight is 532 g/mol. The maximum atomic E-state index is 14.1. The van der Waals surface area contributed by atoms with Gasteiger partial charge in [0.25, 0.3) is 0 Å². The Morgan fingerprint density at radius 3 is 2.57 bits per heavy atom. The van der Waals surface area contributed by atoms with E-state index < -0.39 is 34.8 Å². The zero-order valence-electron chi connectivity index (χ0n) is 19.1. The van der Waals surface area contributed by atoms with Crippen molar-refractivity contribution in [3.8, 4) is 17.0 Å². The number of hydrogen-bond donors (Lipinski definition) is 3. The molecule has 3 heterocycles. The molecule has 37 heavy (non-hydrogen) atoms. The first-order valence-electron chi connectivity index (χ1n) is 11.2. The number of aliphatic carboxylic acids is 1. The molecule has 1 fully saturated rings. The molecule has 0 aliphatic carbocycles. The molecule has 9 nitrogen and oxygen atoms in total. The smallest absolute Gasteiger partial charge is 0.407 e. The number of halogens is 3. The van der Waals surface area contributed by atoms with Crippen molar-refractivity contribution in [3.63, 3.8) is 0 Å². The van der Waals surface area contributed by atoms with Crippen molar-refractivity contribution in [1.29, 1.82) is 0 Å². The molecule has 0 radical (unpaired) electrons. The van der Waals surface area contributed by atoms with Gasteiger partial charge in [-0.25, -0.2) is 18.4 Å². The lowest BCUT2D eigenvalue weighted by Crippen LogP contribution is -2.61. The van der Waals surface area contributed by atoms with Crippen LogP contribution in [-0.2, 0) is 11.4 Å². The molecule has 192 valence electrons. The molecule has 2 bridgehead atoms. The summed E-state index contributed by atoms with van der Waals surface area (Å²) in [5, 5.41) is 25.7. The van der Waals surface area contributed by atoms with Gasteiger partial charge in [-0.05, 0) is 41.8 Å². The predicted molar refractivity (Wildman–Crippen MR) is 127 cm³/mol. The number of rotatable bonds is 6. The van der Waals surface area contributed by atoms with Crippen LogP contribution in [0.15, 0.2) is 52.6 Å². The molecular weight excluding hydrogens is 512 g/mol. The highest BCUT2D eigenvalue weighted by Gasteiger charge is 2.39. The van der Waals surface area contributed by atoms with Crippen LogP contribution in [0.1, 0.15) is 17.7 Å². The number of aromatic nitrogens is 1. The number of carbonyl (C=O) groups is 2. The molecule has 5 rings (SSSR count). The quantitative estimate of drug-likeness (QED) is 0.399. The van der Waals surface area contributed by atoms with E-state index in [0.29, 0.717) is 23.3 Å². The van der Waals surface area contributed by atoms with E-state index in [1.807, 2.05) is 0 Å². The molecule has 12 heteroatoms. The first-order valence-corrected chi connectivity index (χ1v) is 11.6. The van der Waals surface area contributed by atoms with Crippen molar-refractivity contribution in [1.82, 2.24) is 15.4 Å². The molecule has 2 atom stereocenters. The fraction of sp³-hybridized carbons (Fsp3) is 0.240. The second kappa shape index (κ2) is 9.83. The van der Waals surface area contributed by atoms with Crippen LogP contribution in [0.3, 0.4) is 0 Å². The zero-order valence-corrected chi connectivity index (χ0v) is 19.8. The second-order valence-electron chi connectivity index (χ2n) is 8.71. The Hall–Kier alpha value is -3.96. The molecule has 1 saturated heterocycles. The third kappa shape index (κ3) is 4.87. The van der Waals surface area contributed by atoms with Crippen molar-refractivity contribution in [2.75, 3.05) is 13.1 Å². The number of carboxylic acids is 1. The summed E-state index contributed by atoms with van der Waals surface area (Å²) in [6.07, 6.45) is -0.712. The number of carboxylic acid groups (broad SMARTS) is 2. The maximum Gasteiger partial charge on any atom is 0.407 e. The summed E-state index contributed by atoms with van der Waals surface area (Å²) in [4.78, 5) is 24.7. The Morgan fingerprint density at radius 2 is 1.86 bits per heavy atom. The van der Waals surface area contributed by atoms with Crippen LogP contribution >= 0.6 is 11.6 Å². The van der Waals surface area contributed by atoms with E-state index >= 15 is 0 Å².